The van der Waals surface area contributed by atoms with Crippen LogP contribution in [0.2, 0.25) is 0 Å². The van der Waals surface area contributed by atoms with Crippen molar-refractivity contribution in [3.8, 4) is 5.75 Å². The van der Waals surface area contributed by atoms with Gasteiger partial charge in [0.1, 0.15) is 5.75 Å². The lowest BCUT2D eigenvalue weighted by Gasteiger charge is -2.36. The van der Waals surface area contributed by atoms with Gasteiger partial charge >= 0.3 is 0 Å². The Balaban J connectivity index is 1.39. The fourth-order valence-electron chi connectivity index (χ4n) is 5.16. The molecule has 0 spiro atoms. The summed E-state index contributed by atoms with van der Waals surface area (Å²) in [6.45, 7) is 9.52. The SMILES string of the molecule is CC(C)(C)c1ccc2c(c1)N(S(=O)(=O)c1ccccc1)CC(C(=O)NCc1ccccc1CN1CCCC1)O2. The highest BCUT2D eigenvalue weighted by Gasteiger charge is 2.38. The number of hydrogen-bond acceptors (Lipinski definition) is 5. The molecule has 1 saturated heterocycles. The lowest BCUT2D eigenvalue weighted by atomic mass is 9.86. The molecule has 0 saturated carbocycles. The molecule has 0 radical (unpaired) electrons. The van der Waals surface area contributed by atoms with Gasteiger partial charge in [-0.1, -0.05) is 69.3 Å². The molecule has 1 unspecified atom stereocenters. The van der Waals surface area contributed by atoms with Gasteiger partial charge in [-0.25, -0.2) is 8.42 Å². The fraction of sp³-hybridized carbons (Fsp3) is 0.387. The van der Waals surface area contributed by atoms with E-state index in [1.165, 1.54) is 22.7 Å². The van der Waals surface area contributed by atoms with Crippen LogP contribution < -0.4 is 14.4 Å². The molecule has 3 aromatic rings. The minimum Gasteiger partial charge on any atom is -0.476 e. The predicted octanol–water partition coefficient (Wildman–Crippen LogP) is 4.85. The topological polar surface area (TPSA) is 79.0 Å². The van der Waals surface area contributed by atoms with E-state index in [1.807, 2.05) is 30.3 Å². The summed E-state index contributed by atoms with van der Waals surface area (Å²) in [5, 5.41) is 3.01. The summed E-state index contributed by atoms with van der Waals surface area (Å²) in [6, 6.07) is 22.0. The Bertz CT molecular complexity index is 1430. The number of nitrogens with one attached hydrogen (secondary N) is 1. The van der Waals surface area contributed by atoms with Gasteiger partial charge in [-0.2, -0.15) is 0 Å². The van der Waals surface area contributed by atoms with Gasteiger partial charge in [-0.3, -0.25) is 14.0 Å². The van der Waals surface area contributed by atoms with Crippen LogP contribution in [-0.4, -0.2) is 45.0 Å². The number of benzene rings is 3. The van der Waals surface area contributed by atoms with Gasteiger partial charge in [-0.05, 0) is 72.3 Å². The molecule has 1 fully saturated rings. The first-order valence-corrected chi connectivity index (χ1v) is 15.0. The monoisotopic (exact) mass is 547 g/mol. The molecule has 206 valence electrons. The molecule has 5 rings (SSSR count). The van der Waals surface area contributed by atoms with Crippen molar-refractivity contribution in [1.82, 2.24) is 10.2 Å². The Kier molecular flexibility index (Phi) is 7.69. The molecule has 2 aliphatic rings. The van der Waals surface area contributed by atoms with E-state index in [4.69, 9.17) is 4.74 Å². The van der Waals surface area contributed by atoms with Crippen molar-refractivity contribution in [2.75, 3.05) is 23.9 Å². The summed E-state index contributed by atoms with van der Waals surface area (Å²) in [5.74, 6) is 0.0353. The minimum atomic E-state index is -3.92. The minimum absolute atomic E-state index is 0.112. The number of fused-ring (bicyclic) bond motifs is 1. The Hall–Kier alpha value is -3.36. The number of amides is 1. The average Bonchev–Trinajstić information content (AvgIpc) is 3.44. The molecule has 8 heteroatoms. The van der Waals surface area contributed by atoms with Gasteiger partial charge in [-0.15, -0.1) is 0 Å². The van der Waals surface area contributed by atoms with Gasteiger partial charge in [0.15, 0.2) is 6.10 Å². The highest BCUT2D eigenvalue weighted by molar-refractivity contribution is 7.92. The van der Waals surface area contributed by atoms with Crippen molar-refractivity contribution in [2.24, 2.45) is 0 Å². The molecule has 2 heterocycles. The number of nitrogens with zero attached hydrogens (tertiary/aromatic N) is 2. The van der Waals surface area contributed by atoms with E-state index in [-0.39, 0.29) is 22.8 Å². The molecule has 0 aliphatic carbocycles. The van der Waals surface area contributed by atoms with Gasteiger partial charge in [0, 0.05) is 13.1 Å². The lowest BCUT2D eigenvalue weighted by Crippen LogP contribution is -2.50. The number of ether oxygens (including phenoxy) is 1. The maximum absolute atomic E-state index is 13.8. The first-order valence-electron chi connectivity index (χ1n) is 13.6. The van der Waals surface area contributed by atoms with Gasteiger partial charge in [0.25, 0.3) is 15.9 Å². The molecule has 39 heavy (non-hydrogen) atoms. The highest BCUT2D eigenvalue weighted by Crippen LogP contribution is 2.40. The molecular weight excluding hydrogens is 510 g/mol. The summed E-state index contributed by atoms with van der Waals surface area (Å²) < 4.78 is 35.0. The number of sulfonamides is 1. The number of rotatable bonds is 7. The van der Waals surface area contributed by atoms with E-state index >= 15 is 0 Å². The average molecular weight is 548 g/mol. The Labute approximate surface area is 231 Å². The fourth-order valence-corrected chi connectivity index (χ4v) is 6.65. The third-order valence-electron chi connectivity index (χ3n) is 7.48. The third-order valence-corrected chi connectivity index (χ3v) is 9.28. The van der Waals surface area contributed by atoms with Gasteiger partial charge in [0.2, 0.25) is 0 Å². The second-order valence-electron chi connectivity index (χ2n) is 11.4. The van der Waals surface area contributed by atoms with Crippen LogP contribution in [0.5, 0.6) is 5.75 Å². The zero-order valence-electron chi connectivity index (χ0n) is 22.9. The van der Waals surface area contributed by atoms with Gasteiger partial charge < -0.3 is 10.1 Å². The van der Waals surface area contributed by atoms with E-state index in [2.05, 4.69) is 37.1 Å². The van der Waals surface area contributed by atoms with Crippen molar-refractivity contribution < 1.29 is 17.9 Å². The maximum Gasteiger partial charge on any atom is 0.264 e. The van der Waals surface area contributed by atoms with Gasteiger partial charge in [0.05, 0.1) is 17.1 Å². The van der Waals surface area contributed by atoms with Crippen molar-refractivity contribution in [3.63, 3.8) is 0 Å². The second-order valence-corrected chi connectivity index (χ2v) is 13.2. The molecule has 0 aromatic heterocycles. The molecule has 3 aromatic carbocycles. The first-order chi connectivity index (χ1) is 18.6. The number of likely N-dealkylation sites (tertiary alicyclic amines) is 1. The number of hydrogen-bond donors (Lipinski definition) is 1. The van der Waals surface area contributed by atoms with Crippen molar-refractivity contribution in [2.45, 2.75) is 63.1 Å². The molecule has 1 atom stereocenters. The van der Waals surface area contributed by atoms with Crippen molar-refractivity contribution >= 4 is 21.6 Å². The zero-order chi connectivity index (χ0) is 27.6. The van der Waals surface area contributed by atoms with Crippen LogP contribution in [0.1, 0.15) is 50.3 Å². The van der Waals surface area contributed by atoms with E-state index in [0.717, 1.165) is 30.8 Å². The normalized spacial score (nSPS) is 17.9. The molecule has 7 nitrogen and oxygen atoms in total. The first kappa shape index (κ1) is 27.2. The van der Waals surface area contributed by atoms with Crippen molar-refractivity contribution in [3.05, 3.63) is 89.5 Å². The second kappa shape index (κ2) is 11.0. The standard InChI is InChI=1S/C31H37N3O4S/c1-31(2,3)25-15-16-28-27(19-25)34(39(36,37)26-13-5-4-6-14-26)22-29(38-28)30(35)32-20-23-11-7-8-12-24(23)21-33-17-9-10-18-33/h4-8,11-16,19,29H,9-10,17-18,20-22H2,1-3H3,(H,32,35). The van der Waals surface area contributed by atoms with E-state index in [1.54, 1.807) is 36.4 Å². The van der Waals surface area contributed by atoms with Crippen LogP contribution in [0.15, 0.2) is 77.7 Å². The molecule has 1 N–H and O–H groups in total. The summed E-state index contributed by atoms with van der Waals surface area (Å²) in [4.78, 5) is 16.0. The molecular formula is C31H37N3O4S. The highest BCUT2D eigenvalue weighted by atomic mass is 32.2. The summed E-state index contributed by atoms with van der Waals surface area (Å²) in [5.41, 5.74) is 3.49. The Morgan fingerprint density at radius 3 is 2.31 bits per heavy atom. The number of carbonyl (C=O) groups excluding carboxylic acids is 1. The van der Waals surface area contributed by atoms with E-state index in [9.17, 15) is 13.2 Å². The van der Waals surface area contributed by atoms with Crippen LogP contribution in [0.4, 0.5) is 5.69 Å². The van der Waals surface area contributed by atoms with Crippen molar-refractivity contribution in [1.29, 1.82) is 0 Å². The van der Waals surface area contributed by atoms with Crippen LogP contribution in [-0.2, 0) is 33.3 Å². The van der Waals surface area contributed by atoms with E-state index < -0.39 is 16.1 Å². The van der Waals surface area contributed by atoms with Crippen LogP contribution in [0, 0.1) is 0 Å². The predicted molar refractivity (Wildman–Crippen MR) is 153 cm³/mol. The number of anilines is 1. The third kappa shape index (κ3) is 5.97. The quantitative estimate of drug-likeness (QED) is 0.458. The lowest BCUT2D eigenvalue weighted by molar-refractivity contribution is -0.127. The summed E-state index contributed by atoms with van der Waals surface area (Å²) >= 11 is 0. The van der Waals surface area contributed by atoms with Crippen LogP contribution >= 0.6 is 0 Å². The zero-order valence-corrected chi connectivity index (χ0v) is 23.7. The molecule has 1 amide bonds. The Morgan fingerprint density at radius 2 is 1.62 bits per heavy atom. The molecule has 2 aliphatic heterocycles. The van der Waals surface area contributed by atoms with E-state index in [0.29, 0.717) is 18.0 Å². The smallest absolute Gasteiger partial charge is 0.264 e. The Morgan fingerprint density at radius 1 is 0.949 bits per heavy atom. The number of carbonyl (C=O) groups is 1. The summed E-state index contributed by atoms with van der Waals surface area (Å²) in [7, 11) is -3.92. The summed E-state index contributed by atoms with van der Waals surface area (Å²) in [6.07, 6.45) is 1.46. The maximum atomic E-state index is 13.8. The van der Waals surface area contributed by atoms with Crippen LogP contribution in [0.3, 0.4) is 0 Å². The largest absolute Gasteiger partial charge is 0.476 e. The van der Waals surface area contributed by atoms with Crippen LogP contribution in [0.25, 0.3) is 0 Å². The molecule has 0 bridgehead atoms.